The molecule has 2 aromatic carbocycles. The SMILES string of the molecule is CCc1cc(Nc2ncc(Br)c(Nc3c(F)cc4nccnc4c3P(C)(C)=O)n2)c(OC)cc1N1CCC(N2CCN(C)CC2)CC1. The highest BCUT2D eigenvalue weighted by Gasteiger charge is 2.29. The van der Waals surface area contributed by atoms with Crippen molar-refractivity contribution < 1.29 is 13.7 Å². The smallest absolute Gasteiger partial charge is 0.229 e. The summed E-state index contributed by atoms with van der Waals surface area (Å²) in [4.78, 5) is 25.3. The molecule has 0 bridgehead atoms. The Morgan fingerprint density at radius 1 is 1.02 bits per heavy atom. The first-order valence-corrected chi connectivity index (χ1v) is 19.4. The first kappa shape index (κ1) is 33.5. The number of benzene rings is 2. The molecule has 2 N–H and O–H groups in total. The lowest BCUT2D eigenvalue weighted by molar-refractivity contribution is 0.0982. The van der Waals surface area contributed by atoms with Crippen molar-refractivity contribution in [2.45, 2.75) is 32.2 Å². The summed E-state index contributed by atoms with van der Waals surface area (Å²) in [7, 11) is 0.859. The minimum Gasteiger partial charge on any atom is -0.494 e. The first-order valence-electron chi connectivity index (χ1n) is 16.0. The number of rotatable bonds is 9. The summed E-state index contributed by atoms with van der Waals surface area (Å²) < 4.78 is 35.3. The highest BCUT2D eigenvalue weighted by Crippen LogP contribution is 2.43. The minimum atomic E-state index is -3.00. The Kier molecular flexibility index (Phi) is 9.98. The third kappa shape index (κ3) is 7.23. The van der Waals surface area contributed by atoms with E-state index in [-0.39, 0.29) is 16.9 Å². The number of fused-ring (bicyclic) bond motifs is 1. The average Bonchev–Trinajstić information content (AvgIpc) is 3.06. The van der Waals surface area contributed by atoms with Crippen LogP contribution in [0.5, 0.6) is 5.75 Å². The Morgan fingerprint density at radius 2 is 1.74 bits per heavy atom. The van der Waals surface area contributed by atoms with E-state index in [1.165, 1.54) is 29.7 Å². The molecule has 0 unspecified atom stereocenters. The maximum absolute atomic E-state index is 15.5. The van der Waals surface area contributed by atoms with Crippen LogP contribution in [0.25, 0.3) is 11.0 Å². The van der Waals surface area contributed by atoms with Gasteiger partial charge in [-0.2, -0.15) is 4.98 Å². The maximum atomic E-state index is 15.5. The summed E-state index contributed by atoms with van der Waals surface area (Å²) in [5.74, 6) is 0.664. The third-order valence-corrected chi connectivity index (χ3v) is 11.2. The zero-order chi connectivity index (χ0) is 33.3. The van der Waals surface area contributed by atoms with Gasteiger partial charge in [0.25, 0.3) is 0 Å². The van der Waals surface area contributed by atoms with Crippen molar-refractivity contribution in [2.75, 3.05) is 82.3 Å². The van der Waals surface area contributed by atoms with E-state index in [9.17, 15) is 4.57 Å². The fourth-order valence-corrected chi connectivity index (χ4v) is 8.25. The number of piperazine rings is 1. The Morgan fingerprint density at radius 3 is 2.43 bits per heavy atom. The summed E-state index contributed by atoms with van der Waals surface area (Å²) in [6.45, 7) is 11.9. The summed E-state index contributed by atoms with van der Waals surface area (Å²) in [6.07, 6.45) is 7.72. The quantitative estimate of drug-likeness (QED) is 0.203. The van der Waals surface area contributed by atoms with Gasteiger partial charge in [-0.05, 0) is 67.2 Å². The first-order chi connectivity index (χ1) is 22.5. The molecule has 0 amide bonds. The Balaban J connectivity index is 1.24. The van der Waals surface area contributed by atoms with Crippen LogP contribution < -0.4 is 25.6 Å². The van der Waals surface area contributed by atoms with E-state index in [0.29, 0.717) is 33.1 Å². The minimum absolute atomic E-state index is 0.0447. The number of nitrogens with one attached hydrogen (secondary N) is 2. The van der Waals surface area contributed by atoms with Crippen molar-refractivity contribution in [3.05, 3.63) is 52.6 Å². The molecule has 0 spiro atoms. The molecule has 0 radical (unpaired) electrons. The molecular weight excluding hydrogens is 684 g/mol. The van der Waals surface area contributed by atoms with Gasteiger partial charge in [-0.25, -0.2) is 9.37 Å². The van der Waals surface area contributed by atoms with Crippen LogP contribution in [-0.4, -0.2) is 103 Å². The van der Waals surface area contributed by atoms with Crippen molar-refractivity contribution in [3.63, 3.8) is 0 Å². The molecule has 6 rings (SSSR count). The molecule has 14 heteroatoms. The normalized spacial score (nSPS) is 16.9. The van der Waals surface area contributed by atoms with E-state index in [4.69, 9.17) is 4.74 Å². The summed E-state index contributed by atoms with van der Waals surface area (Å²) in [5, 5.41) is 6.66. The highest BCUT2D eigenvalue weighted by molar-refractivity contribution is 9.10. The van der Waals surface area contributed by atoms with Crippen molar-refractivity contribution in [3.8, 4) is 5.75 Å². The molecule has 4 heterocycles. The molecule has 2 aliphatic heterocycles. The average molecular weight is 727 g/mol. The molecular formula is C33H42BrFN9O2P. The number of hydrogen-bond acceptors (Lipinski definition) is 11. The van der Waals surface area contributed by atoms with Crippen LogP contribution in [0.3, 0.4) is 0 Å². The standard InChI is InChI=1S/C33H42BrFN9O2P/c1-6-21-17-25(28(46-3)19-27(21)44-11-7-22(8-12-44)43-15-13-42(2)14-16-43)39-33-38-20-23(34)32(41-33)40-29-24(35)18-26-30(37-10-9-36-26)31(29)47(4,5)45/h9-10,17-20,22H,6-8,11-16H2,1-5H3,(H2,38,39,40,41). The zero-order valence-electron chi connectivity index (χ0n) is 27.6. The number of halogens is 2. The Hall–Kier alpha value is -3.38. The van der Waals surface area contributed by atoms with Gasteiger partial charge in [-0.3, -0.25) is 14.9 Å². The molecule has 2 saturated heterocycles. The van der Waals surface area contributed by atoms with Gasteiger partial charge >= 0.3 is 0 Å². The van der Waals surface area contributed by atoms with Crippen LogP contribution in [0.15, 0.2) is 41.3 Å². The van der Waals surface area contributed by atoms with Crippen LogP contribution in [0.1, 0.15) is 25.3 Å². The molecule has 250 valence electrons. The van der Waals surface area contributed by atoms with Gasteiger partial charge in [0.1, 0.15) is 30.0 Å². The molecule has 0 atom stereocenters. The molecule has 2 fully saturated rings. The molecule has 0 saturated carbocycles. The molecule has 2 aliphatic rings. The van der Waals surface area contributed by atoms with E-state index in [2.05, 4.69) is 87.3 Å². The highest BCUT2D eigenvalue weighted by atomic mass is 79.9. The van der Waals surface area contributed by atoms with E-state index in [1.54, 1.807) is 26.6 Å². The Labute approximate surface area is 283 Å². The second-order valence-corrected chi connectivity index (χ2v) is 16.6. The number of piperidine rings is 1. The number of methoxy groups -OCH3 is 1. The number of likely N-dealkylation sites (N-methyl/N-ethyl adjacent to an activating group) is 1. The summed E-state index contributed by atoms with van der Waals surface area (Å²) >= 11 is 3.49. The van der Waals surface area contributed by atoms with Gasteiger partial charge in [0.05, 0.1) is 33.8 Å². The third-order valence-electron chi connectivity index (χ3n) is 9.10. The van der Waals surface area contributed by atoms with Gasteiger partial charge < -0.3 is 29.7 Å². The van der Waals surface area contributed by atoms with E-state index < -0.39 is 13.0 Å². The van der Waals surface area contributed by atoms with Gasteiger partial charge in [-0.15, -0.1) is 0 Å². The van der Waals surface area contributed by atoms with Crippen LogP contribution in [0.2, 0.25) is 0 Å². The van der Waals surface area contributed by atoms with Crippen LogP contribution in [0, 0.1) is 5.82 Å². The molecule has 4 aromatic rings. The van der Waals surface area contributed by atoms with E-state index in [0.717, 1.165) is 64.2 Å². The second kappa shape index (κ2) is 14.0. The van der Waals surface area contributed by atoms with Gasteiger partial charge in [0.15, 0.2) is 0 Å². The number of anilines is 5. The molecule has 47 heavy (non-hydrogen) atoms. The number of ether oxygens (including phenoxy) is 1. The van der Waals surface area contributed by atoms with Crippen LogP contribution >= 0.6 is 23.1 Å². The number of aryl methyl sites for hydroxylation is 1. The topological polar surface area (TPSA) is 112 Å². The second-order valence-electron chi connectivity index (χ2n) is 12.6. The number of aromatic nitrogens is 4. The monoisotopic (exact) mass is 725 g/mol. The zero-order valence-corrected chi connectivity index (χ0v) is 30.0. The van der Waals surface area contributed by atoms with Gasteiger partial charge in [0.2, 0.25) is 5.95 Å². The van der Waals surface area contributed by atoms with Gasteiger partial charge in [0, 0.05) is 81.7 Å². The van der Waals surface area contributed by atoms with Crippen molar-refractivity contribution >= 4 is 68.2 Å². The lowest BCUT2D eigenvalue weighted by Gasteiger charge is -2.43. The fraction of sp³-hybridized carbons (Fsp3) is 0.455. The maximum Gasteiger partial charge on any atom is 0.229 e. The molecule has 2 aromatic heterocycles. The summed E-state index contributed by atoms with van der Waals surface area (Å²) in [6, 6.07) is 6.13. The summed E-state index contributed by atoms with van der Waals surface area (Å²) in [5.41, 5.74) is 3.88. The number of hydrogen-bond donors (Lipinski definition) is 2. The van der Waals surface area contributed by atoms with E-state index in [1.807, 2.05) is 0 Å². The van der Waals surface area contributed by atoms with Crippen molar-refractivity contribution in [1.29, 1.82) is 0 Å². The lowest BCUT2D eigenvalue weighted by Crippen LogP contribution is -2.52. The van der Waals surface area contributed by atoms with Gasteiger partial charge in [-0.1, -0.05) is 6.92 Å². The van der Waals surface area contributed by atoms with Crippen LogP contribution in [-0.2, 0) is 11.0 Å². The lowest BCUT2D eigenvalue weighted by atomic mass is 9.99. The van der Waals surface area contributed by atoms with E-state index >= 15 is 4.39 Å². The van der Waals surface area contributed by atoms with Crippen LogP contribution in [0.4, 0.5) is 33.2 Å². The predicted molar refractivity (Wildman–Crippen MR) is 192 cm³/mol. The van der Waals surface area contributed by atoms with Crippen molar-refractivity contribution in [2.24, 2.45) is 0 Å². The Bertz CT molecular complexity index is 1810. The number of nitrogens with zero attached hydrogens (tertiary/aromatic N) is 7. The van der Waals surface area contributed by atoms with Crippen molar-refractivity contribution in [1.82, 2.24) is 29.7 Å². The largest absolute Gasteiger partial charge is 0.494 e. The molecule has 11 nitrogen and oxygen atoms in total. The fourth-order valence-electron chi connectivity index (χ4n) is 6.57. The predicted octanol–water partition coefficient (Wildman–Crippen LogP) is 5.84. The molecule has 0 aliphatic carbocycles.